The molecular weight excluding hydrogens is 365 g/mol. The van der Waals surface area contributed by atoms with E-state index in [1.54, 1.807) is 0 Å². The Bertz CT molecular complexity index is 761. The van der Waals surface area contributed by atoms with Gasteiger partial charge in [0.05, 0.1) is 11.5 Å². The van der Waals surface area contributed by atoms with Crippen LogP contribution in [-0.4, -0.2) is 51.8 Å². The maximum absolute atomic E-state index is 12.8. The van der Waals surface area contributed by atoms with Gasteiger partial charge in [-0.3, -0.25) is 9.59 Å². The van der Waals surface area contributed by atoms with E-state index in [0.29, 0.717) is 5.56 Å². The highest BCUT2D eigenvalue weighted by Gasteiger charge is 2.42. The number of carboxylic acid groups (broad SMARTS) is 1. The van der Waals surface area contributed by atoms with Crippen LogP contribution in [0.3, 0.4) is 0 Å². The number of nitrogens with zero attached hydrogens (tertiary/aromatic N) is 2. The van der Waals surface area contributed by atoms with Gasteiger partial charge in [-0.15, -0.1) is 0 Å². The van der Waals surface area contributed by atoms with E-state index in [1.807, 2.05) is 0 Å². The largest absolute Gasteiger partial charge is 0.480 e. The minimum Gasteiger partial charge on any atom is -0.480 e. The molecule has 148 valence electrons. The molecule has 0 bridgehead atoms. The monoisotopic (exact) mass is 386 g/mol. The standard InChI is InChI=1S/C18H21F3N2O4/c1-17(2,16(26)27)22(3)15(25)12-8-14(24)23(10-12)9-11-5-4-6-13(7-11)18(19,20)21/h4-7,12H,8-10H2,1-3H3,(H,26,27). The summed E-state index contributed by atoms with van der Waals surface area (Å²) in [4.78, 5) is 38.5. The molecule has 9 heteroatoms. The van der Waals surface area contributed by atoms with Gasteiger partial charge in [0.1, 0.15) is 5.54 Å². The lowest BCUT2D eigenvalue weighted by atomic mass is 10.00. The second-order valence-corrected chi connectivity index (χ2v) is 7.13. The number of carbonyl (C=O) groups excluding carboxylic acids is 2. The summed E-state index contributed by atoms with van der Waals surface area (Å²) < 4.78 is 38.4. The van der Waals surface area contributed by atoms with Gasteiger partial charge < -0.3 is 14.9 Å². The maximum Gasteiger partial charge on any atom is 0.416 e. The number of likely N-dealkylation sites (N-methyl/N-ethyl adjacent to an activating group) is 1. The first-order chi connectivity index (χ1) is 12.3. The van der Waals surface area contributed by atoms with Crippen LogP contribution in [-0.2, 0) is 27.1 Å². The van der Waals surface area contributed by atoms with E-state index in [1.165, 1.54) is 37.9 Å². The van der Waals surface area contributed by atoms with Gasteiger partial charge in [0, 0.05) is 26.6 Å². The van der Waals surface area contributed by atoms with Gasteiger partial charge in [0.2, 0.25) is 11.8 Å². The predicted octanol–water partition coefficient (Wildman–Crippen LogP) is 2.38. The third-order valence-electron chi connectivity index (χ3n) is 4.88. The quantitative estimate of drug-likeness (QED) is 0.843. The summed E-state index contributed by atoms with van der Waals surface area (Å²) in [7, 11) is 1.36. The van der Waals surface area contributed by atoms with Crippen molar-refractivity contribution in [2.45, 2.75) is 38.5 Å². The number of rotatable bonds is 5. The molecule has 0 radical (unpaired) electrons. The number of carbonyl (C=O) groups is 3. The first-order valence-electron chi connectivity index (χ1n) is 8.29. The normalized spacial score (nSPS) is 17.9. The van der Waals surface area contributed by atoms with Gasteiger partial charge in [0.15, 0.2) is 0 Å². The van der Waals surface area contributed by atoms with Crippen molar-refractivity contribution >= 4 is 17.8 Å². The Labute approximate surface area is 154 Å². The summed E-state index contributed by atoms with van der Waals surface area (Å²) in [5, 5.41) is 9.23. The van der Waals surface area contributed by atoms with Crippen LogP contribution in [0.4, 0.5) is 13.2 Å². The van der Waals surface area contributed by atoms with Crippen molar-refractivity contribution < 1.29 is 32.7 Å². The molecular formula is C18H21F3N2O4. The predicted molar refractivity (Wildman–Crippen MR) is 89.5 cm³/mol. The summed E-state index contributed by atoms with van der Waals surface area (Å²) in [6.07, 6.45) is -4.58. The van der Waals surface area contributed by atoms with Crippen molar-refractivity contribution in [3.8, 4) is 0 Å². The van der Waals surface area contributed by atoms with Gasteiger partial charge in [-0.05, 0) is 31.5 Å². The van der Waals surface area contributed by atoms with E-state index < -0.39 is 35.1 Å². The van der Waals surface area contributed by atoms with E-state index in [2.05, 4.69) is 0 Å². The highest BCUT2D eigenvalue weighted by Crippen LogP contribution is 2.30. The highest BCUT2D eigenvalue weighted by atomic mass is 19.4. The second kappa shape index (κ2) is 7.21. The minimum absolute atomic E-state index is 0.0357. The van der Waals surface area contributed by atoms with Crippen LogP contribution >= 0.6 is 0 Å². The Morgan fingerprint density at radius 1 is 1.30 bits per heavy atom. The molecule has 0 aliphatic carbocycles. The molecule has 1 aromatic rings. The smallest absolute Gasteiger partial charge is 0.416 e. The van der Waals surface area contributed by atoms with Gasteiger partial charge >= 0.3 is 12.1 Å². The van der Waals surface area contributed by atoms with Gasteiger partial charge in [0.25, 0.3) is 0 Å². The van der Waals surface area contributed by atoms with E-state index in [9.17, 15) is 32.7 Å². The molecule has 1 aliphatic heterocycles. The fourth-order valence-corrected chi connectivity index (χ4v) is 2.85. The van der Waals surface area contributed by atoms with Crippen molar-refractivity contribution in [3.05, 3.63) is 35.4 Å². The van der Waals surface area contributed by atoms with Crippen LogP contribution in [0.5, 0.6) is 0 Å². The lowest BCUT2D eigenvalue weighted by Crippen LogP contribution is -2.52. The molecule has 0 spiro atoms. The SMILES string of the molecule is CN(C(=O)C1CC(=O)N(Cc2cccc(C(F)(F)F)c2)C1)C(C)(C)C(=O)O. The lowest BCUT2D eigenvalue weighted by molar-refractivity contribution is -0.156. The molecule has 1 atom stereocenters. The van der Waals surface area contributed by atoms with Gasteiger partial charge in [-0.25, -0.2) is 4.79 Å². The average molecular weight is 386 g/mol. The molecule has 1 unspecified atom stereocenters. The number of carboxylic acids is 1. The zero-order valence-electron chi connectivity index (χ0n) is 15.2. The van der Waals surface area contributed by atoms with Crippen LogP contribution in [0, 0.1) is 5.92 Å². The van der Waals surface area contributed by atoms with E-state index in [4.69, 9.17) is 0 Å². The molecule has 2 rings (SSSR count). The third kappa shape index (κ3) is 4.40. The summed E-state index contributed by atoms with van der Waals surface area (Å²) >= 11 is 0. The summed E-state index contributed by atoms with van der Waals surface area (Å²) in [6.45, 7) is 2.75. The molecule has 1 N–H and O–H groups in total. The van der Waals surface area contributed by atoms with E-state index in [-0.39, 0.29) is 25.4 Å². The number of likely N-dealkylation sites (tertiary alicyclic amines) is 1. The molecule has 1 aliphatic rings. The van der Waals surface area contributed by atoms with Crippen LogP contribution in [0.25, 0.3) is 0 Å². The molecule has 27 heavy (non-hydrogen) atoms. The number of amides is 2. The number of aliphatic carboxylic acids is 1. The fourth-order valence-electron chi connectivity index (χ4n) is 2.85. The van der Waals surface area contributed by atoms with Crippen molar-refractivity contribution in [1.29, 1.82) is 0 Å². The maximum atomic E-state index is 12.8. The van der Waals surface area contributed by atoms with Crippen LogP contribution < -0.4 is 0 Å². The molecule has 0 aromatic heterocycles. The highest BCUT2D eigenvalue weighted by molar-refractivity contribution is 5.92. The number of hydrogen-bond acceptors (Lipinski definition) is 3. The zero-order valence-corrected chi connectivity index (χ0v) is 15.2. The first-order valence-corrected chi connectivity index (χ1v) is 8.29. The number of halogens is 3. The van der Waals surface area contributed by atoms with Crippen LogP contribution in [0.1, 0.15) is 31.4 Å². The molecule has 2 amide bonds. The Hall–Kier alpha value is -2.58. The number of hydrogen-bond donors (Lipinski definition) is 1. The number of alkyl halides is 3. The number of benzene rings is 1. The van der Waals surface area contributed by atoms with Crippen LogP contribution in [0.15, 0.2) is 24.3 Å². The molecule has 0 saturated carbocycles. The Morgan fingerprint density at radius 3 is 2.48 bits per heavy atom. The molecule has 6 nitrogen and oxygen atoms in total. The molecule has 1 aromatic carbocycles. The molecule has 1 heterocycles. The van der Waals surface area contributed by atoms with Gasteiger partial charge in [-0.1, -0.05) is 12.1 Å². The topological polar surface area (TPSA) is 77.9 Å². The fraction of sp³-hybridized carbons (Fsp3) is 0.500. The second-order valence-electron chi connectivity index (χ2n) is 7.13. The minimum atomic E-state index is -4.48. The van der Waals surface area contributed by atoms with Crippen molar-refractivity contribution in [3.63, 3.8) is 0 Å². The zero-order chi connectivity index (χ0) is 20.6. The van der Waals surface area contributed by atoms with Crippen LogP contribution in [0.2, 0.25) is 0 Å². The van der Waals surface area contributed by atoms with Crippen molar-refractivity contribution in [1.82, 2.24) is 9.80 Å². The van der Waals surface area contributed by atoms with Crippen molar-refractivity contribution in [2.75, 3.05) is 13.6 Å². The summed E-state index contributed by atoms with van der Waals surface area (Å²) in [5.74, 6) is -2.75. The Morgan fingerprint density at radius 2 is 1.93 bits per heavy atom. The Balaban J connectivity index is 2.10. The average Bonchev–Trinajstić information content (AvgIpc) is 2.93. The summed E-state index contributed by atoms with van der Waals surface area (Å²) in [5.41, 5.74) is -1.93. The molecule has 1 saturated heterocycles. The first kappa shape index (κ1) is 20.7. The lowest BCUT2D eigenvalue weighted by Gasteiger charge is -2.33. The Kier molecular flexibility index (Phi) is 5.53. The molecule has 1 fully saturated rings. The third-order valence-corrected chi connectivity index (χ3v) is 4.88. The van der Waals surface area contributed by atoms with Crippen molar-refractivity contribution in [2.24, 2.45) is 5.92 Å². The van der Waals surface area contributed by atoms with E-state index >= 15 is 0 Å². The van der Waals surface area contributed by atoms with Gasteiger partial charge in [-0.2, -0.15) is 13.2 Å². The van der Waals surface area contributed by atoms with E-state index in [0.717, 1.165) is 17.0 Å². The summed E-state index contributed by atoms with van der Waals surface area (Å²) in [6, 6.07) is 4.68.